The molecule has 0 aliphatic carbocycles. The van der Waals surface area contributed by atoms with Crippen LogP contribution in [0.5, 0.6) is 0 Å². The van der Waals surface area contributed by atoms with Gasteiger partial charge in [0.25, 0.3) is 0 Å². The molecule has 0 spiro atoms. The summed E-state index contributed by atoms with van der Waals surface area (Å²) in [5.41, 5.74) is -0.815. The Morgan fingerprint density at radius 1 is 1.43 bits per heavy atom. The highest BCUT2D eigenvalue weighted by Crippen LogP contribution is 2.46. The molecular formula is C15H18FNO4. The molecule has 0 radical (unpaired) electrons. The van der Waals surface area contributed by atoms with Crippen molar-refractivity contribution in [1.29, 1.82) is 0 Å². The minimum Gasteiger partial charge on any atom is -0.481 e. The number of carboxylic acid groups (broad SMARTS) is 1. The average Bonchev–Trinajstić information content (AvgIpc) is 2.73. The molecule has 5 nitrogen and oxygen atoms in total. The summed E-state index contributed by atoms with van der Waals surface area (Å²) in [7, 11) is 2.88. The number of benzene rings is 1. The van der Waals surface area contributed by atoms with Gasteiger partial charge < -0.3 is 9.84 Å². The topological polar surface area (TPSA) is 66.8 Å². The third-order valence-electron chi connectivity index (χ3n) is 4.36. The van der Waals surface area contributed by atoms with Gasteiger partial charge in [0.15, 0.2) is 0 Å². The molecule has 1 aromatic carbocycles. The lowest BCUT2D eigenvalue weighted by atomic mass is 9.90. The standard InChI is InChI=1S/C15H18FNO4/c1-15(14(20)21-3)8-10(13(18)19)12(17(15)2)9-6-4-5-7-11(9)16/h4-7,10,12H,8H2,1-3H3,(H,18,19)/t10-,12+,15-/m0/s1. The second-order valence-corrected chi connectivity index (χ2v) is 5.49. The Kier molecular flexibility index (Phi) is 4.00. The third kappa shape index (κ3) is 2.40. The molecule has 2 rings (SSSR count). The van der Waals surface area contributed by atoms with E-state index in [1.54, 1.807) is 37.1 Å². The van der Waals surface area contributed by atoms with Crippen molar-refractivity contribution >= 4 is 11.9 Å². The van der Waals surface area contributed by atoms with Crippen LogP contribution in [0.1, 0.15) is 24.9 Å². The van der Waals surface area contributed by atoms with Gasteiger partial charge in [0.1, 0.15) is 11.4 Å². The molecule has 1 fully saturated rings. The largest absolute Gasteiger partial charge is 0.481 e. The van der Waals surface area contributed by atoms with E-state index in [1.165, 1.54) is 13.2 Å². The van der Waals surface area contributed by atoms with Gasteiger partial charge in [-0.2, -0.15) is 0 Å². The Hall–Kier alpha value is -1.95. The molecular weight excluding hydrogens is 277 g/mol. The van der Waals surface area contributed by atoms with E-state index in [0.717, 1.165) is 0 Å². The molecule has 1 aromatic rings. The molecule has 0 aromatic heterocycles. The Morgan fingerprint density at radius 3 is 2.57 bits per heavy atom. The molecule has 0 unspecified atom stereocenters. The molecule has 114 valence electrons. The molecule has 0 saturated carbocycles. The van der Waals surface area contributed by atoms with Gasteiger partial charge in [0.05, 0.1) is 19.1 Å². The molecule has 1 N–H and O–H groups in total. The van der Waals surface area contributed by atoms with Crippen LogP contribution in [0.4, 0.5) is 4.39 Å². The molecule has 1 heterocycles. The fourth-order valence-corrected chi connectivity index (χ4v) is 3.07. The lowest BCUT2D eigenvalue weighted by Gasteiger charge is -2.33. The van der Waals surface area contributed by atoms with Gasteiger partial charge in [-0.05, 0) is 26.5 Å². The van der Waals surface area contributed by atoms with Crippen LogP contribution in [-0.4, -0.2) is 41.6 Å². The van der Waals surface area contributed by atoms with Crippen LogP contribution in [0.2, 0.25) is 0 Å². The minimum absolute atomic E-state index is 0.0739. The molecule has 1 saturated heterocycles. The van der Waals surface area contributed by atoms with Crippen molar-refractivity contribution in [3.05, 3.63) is 35.6 Å². The van der Waals surface area contributed by atoms with E-state index >= 15 is 0 Å². The number of likely N-dealkylation sites (tertiary alicyclic amines) is 1. The number of aliphatic carboxylic acids is 1. The second kappa shape index (κ2) is 5.44. The number of hydrogen-bond donors (Lipinski definition) is 1. The van der Waals surface area contributed by atoms with Crippen LogP contribution < -0.4 is 0 Å². The number of ether oxygens (including phenoxy) is 1. The zero-order chi connectivity index (χ0) is 15.8. The molecule has 0 amide bonds. The van der Waals surface area contributed by atoms with Crippen LogP contribution >= 0.6 is 0 Å². The van der Waals surface area contributed by atoms with Gasteiger partial charge in [-0.25, -0.2) is 4.39 Å². The minimum atomic E-state index is -1.09. The molecule has 1 aliphatic rings. The van der Waals surface area contributed by atoms with E-state index in [2.05, 4.69) is 0 Å². The van der Waals surface area contributed by atoms with Crippen molar-refractivity contribution in [3.63, 3.8) is 0 Å². The third-order valence-corrected chi connectivity index (χ3v) is 4.36. The zero-order valence-corrected chi connectivity index (χ0v) is 12.2. The summed E-state index contributed by atoms with van der Waals surface area (Å²) in [6, 6.07) is 5.32. The van der Waals surface area contributed by atoms with Gasteiger partial charge >= 0.3 is 11.9 Å². The zero-order valence-electron chi connectivity index (χ0n) is 12.2. The summed E-state index contributed by atoms with van der Waals surface area (Å²) in [5.74, 6) is -2.93. The summed E-state index contributed by atoms with van der Waals surface area (Å²) >= 11 is 0. The molecule has 1 aliphatic heterocycles. The van der Waals surface area contributed by atoms with E-state index in [4.69, 9.17) is 4.74 Å². The smallest absolute Gasteiger partial charge is 0.326 e. The Bertz CT molecular complexity index is 577. The lowest BCUT2D eigenvalue weighted by Crippen LogP contribution is -2.47. The molecule has 21 heavy (non-hydrogen) atoms. The number of likely N-dealkylation sites (N-methyl/N-ethyl adjacent to an activating group) is 1. The van der Waals surface area contributed by atoms with Crippen LogP contribution in [0.3, 0.4) is 0 Å². The van der Waals surface area contributed by atoms with Crippen molar-refractivity contribution in [2.75, 3.05) is 14.2 Å². The van der Waals surface area contributed by atoms with E-state index in [1.807, 2.05) is 0 Å². The molecule has 0 bridgehead atoms. The number of hydrogen-bond acceptors (Lipinski definition) is 4. The maximum Gasteiger partial charge on any atom is 0.326 e. The quantitative estimate of drug-likeness (QED) is 0.862. The number of carbonyl (C=O) groups excluding carboxylic acids is 1. The Balaban J connectivity index is 2.50. The highest BCUT2D eigenvalue weighted by atomic mass is 19.1. The highest BCUT2D eigenvalue weighted by molar-refractivity contribution is 5.83. The van der Waals surface area contributed by atoms with Crippen LogP contribution in [0.25, 0.3) is 0 Å². The van der Waals surface area contributed by atoms with Gasteiger partial charge in [0.2, 0.25) is 0 Å². The molecule has 6 heteroatoms. The van der Waals surface area contributed by atoms with Gasteiger partial charge in [0, 0.05) is 5.56 Å². The summed E-state index contributed by atoms with van der Waals surface area (Å²) < 4.78 is 18.8. The number of nitrogens with zero attached hydrogens (tertiary/aromatic N) is 1. The first kappa shape index (κ1) is 15.4. The SMILES string of the molecule is COC(=O)[C@]1(C)C[C@H](C(=O)O)[C@@H](c2ccccc2F)N1C. The van der Waals surface area contributed by atoms with Gasteiger partial charge in [-0.1, -0.05) is 18.2 Å². The summed E-state index contributed by atoms with van der Waals surface area (Å²) in [5, 5.41) is 9.44. The lowest BCUT2D eigenvalue weighted by molar-refractivity contribution is -0.152. The Labute approximate surface area is 122 Å². The number of carbonyl (C=O) groups is 2. The fourth-order valence-electron chi connectivity index (χ4n) is 3.07. The number of carboxylic acids is 1. The van der Waals surface area contributed by atoms with E-state index in [9.17, 15) is 19.1 Å². The second-order valence-electron chi connectivity index (χ2n) is 5.49. The number of esters is 1. The monoisotopic (exact) mass is 295 g/mol. The van der Waals surface area contributed by atoms with E-state index in [0.29, 0.717) is 0 Å². The predicted molar refractivity (Wildman–Crippen MR) is 73.1 cm³/mol. The first-order valence-electron chi connectivity index (χ1n) is 6.61. The maximum atomic E-state index is 14.1. The van der Waals surface area contributed by atoms with Gasteiger partial charge in [-0.3, -0.25) is 14.5 Å². The van der Waals surface area contributed by atoms with Crippen molar-refractivity contribution in [3.8, 4) is 0 Å². The van der Waals surface area contributed by atoms with Gasteiger partial charge in [-0.15, -0.1) is 0 Å². The first-order valence-corrected chi connectivity index (χ1v) is 6.61. The maximum absolute atomic E-state index is 14.1. The molecule has 3 atom stereocenters. The fraction of sp³-hybridized carbons (Fsp3) is 0.467. The summed E-state index contributed by atoms with van der Waals surface area (Å²) in [6.45, 7) is 1.62. The summed E-state index contributed by atoms with van der Waals surface area (Å²) in [6.07, 6.45) is 0.0739. The number of methoxy groups -OCH3 is 1. The van der Waals surface area contributed by atoms with Crippen molar-refractivity contribution in [1.82, 2.24) is 4.90 Å². The van der Waals surface area contributed by atoms with Crippen LogP contribution in [0.15, 0.2) is 24.3 Å². The first-order chi connectivity index (χ1) is 9.82. The number of halogens is 1. The van der Waals surface area contributed by atoms with E-state index < -0.39 is 35.3 Å². The predicted octanol–water partition coefficient (Wildman–Crippen LogP) is 1.83. The average molecular weight is 295 g/mol. The van der Waals surface area contributed by atoms with Crippen molar-refractivity contribution < 1.29 is 23.8 Å². The van der Waals surface area contributed by atoms with Crippen molar-refractivity contribution in [2.45, 2.75) is 24.9 Å². The normalized spacial score (nSPS) is 29.3. The summed E-state index contributed by atoms with van der Waals surface area (Å²) in [4.78, 5) is 25.2. The van der Waals surface area contributed by atoms with Crippen LogP contribution in [0, 0.1) is 11.7 Å². The number of rotatable bonds is 3. The van der Waals surface area contributed by atoms with Crippen molar-refractivity contribution in [2.24, 2.45) is 5.92 Å². The van der Waals surface area contributed by atoms with Crippen LogP contribution in [-0.2, 0) is 14.3 Å². The van der Waals surface area contributed by atoms with E-state index in [-0.39, 0.29) is 12.0 Å². The highest BCUT2D eigenvalue weighted by Gasteiger charge is 2.55. The Morgan fingerprint density at radius 2 is 2.05 bits per heavy atom.